The van der Waals surface area contributed by atoms with Crippen molar-refractivity contribution in [2.45, 2.75) is 26.2 Å². The first-order chi connectivity index (χ1) is 10.0. The van der Waals surface area contributed by atoms with E-state index in [9.17, 15) is 4.79 Å². The van der Waals surface area contributed by atoms with Gasteiger partial charge in [-0.25, -0.2) is 4.98 Å². The summed E-state index contributed by atoms with van der Waals surface area (Å²) in [6.45, 7) is 2.01. The number of anilines is 1. The van der Waals surface area contributed by atoms with Gasteiger partial charge in [0.2, 0.25) is 5.91 Å². The van der Waals surface area contributed by atoms with Crippen LogP contribution in [0.3, 0.4) is 0 Å². The lowest BCUT2D eigenvalue weighted by atomic mass is 9.90. The first kappa shape index (κ1) is 14.8. The Labute approximate surface area is 137 Å². The largest absolute Gasteiger partial charge is 0.326 e. The third kappa shape index (κ3) is 3.23. The summed E-state index contributed by atoms with van der Waals surface area (Å²) in [5.41, 5.74) is 1.84. The molecule has 0 radical (unpaired) electrons. The predicted octanol–water partition coefficient (Wildman–Crippen LogP) is 4.50. The lowest BCUT2D eigenvalue weighted by Gasteiger charge is -2.20. The molecule has 6 heteroatoms. The Morgan fingerprint density at radius 2 is 2.19 bits per heavy atom. The number of aryl methyl sites for hydroxylation is 2. The number of hydrogen-bond donors (Lipinski definition) is 1. The minimum Gasteiger partial charge on any atom is -0.326 e. The van der Waals surface area contributed by atoms with Crippen LogP contribution in [0.1, 0.15) is 22.0 Å². The van der Waals surface area contributed by atoms with Crippen molar-refractivity contribution in [1.29, 1.82) is 0 Å². The number of fused-ring (bicyclic) bond motifs is 1. The molecular weight excluding hydrogens is 327 g/mol. The van der Waals surface area contributed by atoms with Gasteiger partial charge in [0.1, 0.15) is 0 Å². The Balaban J connectivity index is 1.70. The summed E-state index contributed by atoms with van der Waals surface area (Å²) in [5, 5.41) is 4.92. The lowest BCUT2D eigenvalue weighted by Crippen LogP contribution is -2.27. The maximum absolute atomic E-state index is 12.4. The summed E-state index contributed by atoms with van der Waals surface area (Å²) in [4.78, 5) is 18.1. The van der Waals surface area contributed by atoms with E-state index < -0.39 is 0 Å². The van der Waals surface area contributed by atoms with Crippen LogP contribution < -0.4 is 5.32 Å². The molecule has 21 heavy (non-hydrogen) atoms. The Bertz CT molecular complexity index is 699. The molecule has 0 bridgehead atoms. The molecule has 0 aliphatic heterocycles. The first-order valence-corrected chi connectivity index (χ1v) is 8.31. The van der Waals surface area contributed by atoms with E-state index in [1.165, 1.54) is 4.88 Å². The average Bonchev–Trinajstić information content (AvgIpc) is 2.82. The number of benzene rings is 1. The van der Waals surface area contributed by atoms with Gasteiger partial charge in [0.15, 0.2) is 0 Å². The molecule has 1 N–H and O–H groups in total. The van der Waals surface area contributed by atoms with Crippen LogP contribution in [0.4, 0.5) is 5.69 Å². The number of carbonyl (C=O) groups is 1. The fourth-order valence-electron chi connectivity index (χ4n) is 2.55. The number of thiazole rings is 1. The molecule has 0 saturated carbocycles. The van der Waals surface area contributed by atoms with Gasteiger partial charge >= 0.3 is 0 Å². The van der Waals surface area contributed by atoms with Crippen molar-refractivity contribution < 1.29 is 4.79 Å². The van der Waals surface area contributed by atoms with Gasteiger partial charge in [-0.05, 0) is 44.4 Å². The van der Waals surface area contributed by atoms with E-state index >= 15 is 0 Å². The zero-order valence-corrected chi connectivity index (χ0v) is 13.8. The molecule has 3 rings (SSSR count). The van der Waals surface area contributed by atoms with Crippen molar-refractivity contribution in [3.05, 3.63) is 43.8 Å². The summed E-state index contributed by atoms with van der Waals surface area (Å²) >= 11 is 13.5. The summed E-state index contributed by atoms with van der Waals surface area (Å²) in [6.07, 6.45) is 2.48. The highest BCUT2D eigenvalue weighted by Crippen LogP contribution is 2.31. The second kappa shape index (κ2) is 5.95. The lowest BCUT2D eigenvalue weighted by molar-refractivity contribution is -0.120. The Morgan fingerprint density at radius 1 is 1.38 bits per heavy atom. The number of nitrogens with zero attached hydrogens (tertiary/aromatic N) is 1. The summed E-state index contributed by atoms with van der Waals surface area (Å²) in [7, 11) is 0. The molecule has 1 unspecified atom stereocenters. The second-order valence-electron chi connectivity index (χ2n) is 5.16. The maximum Gasteiger partial charge on any atom is 0.227 e. The predicted molar refractivity (Wildman–Crippen MR) is 87.5 cm³/mol. The molecule has 2 aromatic rings. The molecule has 3 nitrogen and oxygen atoms in total. The minimum absolute atomic E-state index is 0.00759. The van der Waals surface area contributed by atoms with Gasteiger partial charge in [0.25, 0.3) is 0 Å². The highest BCUT2D eigenvalue weighted by Gasteiger charge is 2.27. The average molecular weight is 341 g/mol. The van der Waals surface area contributed by atoms with Gasteiger partial charge in [-0.2, -0.15) is 0 Å². The van der Waals surface area contributed by atoms with Crippen LogP contribution >= 0.6 is 34.5 Å². The molecule has 1 aliphatic rings. The zero-order valence-electron chi connectivity index (χ0n) is 11.5. The van der Waals surface area contributed by atoms with Crippen molar-refractivity contribution in [3.63, 3.8) is 0 Å². The minimum atomic E-state index is -0.00759. The number of hydrogen-bond acceptors (Lipinski definition) is 3. The van der Waals surface area contributed by atoms with Gasteiger partial charge in [-0.1, -0.05) is 23.2 Å². The number of halogens is 2. The number of amides is 1. The highest BCUT2D eigenvalue weighted by atomic mass is 35.5. The van der Waals surface area contributed by atoms with Gasteiger partial charge in [0, 0.05) is 16.5 Å². The van der Waals surface area contributed by atoms with Crippen molar-refractivity contribution in [2.75, 3.05) is 5.32 Å². The fraction of sp³-hybridized carbons (Fsp3) is 0.333. The third-order valence-corrected chi connectivity index (χ3v) is 5.38. The van der Waals surface area contributed by atoms with Gasteiger partial charge in [-0.3, -0.25) is 4.79 Å². The first-order valence-electron chi connectivity index (χ1n) is 6.74. The normalized spacial score (nSPS) is 17.4. The van der Waals surface area contributed by atoms with E-state index in [1.54, 1.807) is 29.5 Å². The van der Waals surface area contributed by atoms with Gasteiger partial charge < -0.3 is 5.32 Å². The summed E-state index contributed by atoms with van der Waals surface area (Å²) < 4.78 is 0. The van der Waals surface area contributed by atoms with Crippen molar-refractivity contribution in [2.24, 2.45) is 5.92 Å². The van der Waals surface area contributed by atoms with Crippen LogP contribution in [0.15, 0.2) is 18.2 Å². The van der Waals surface area contributed by atoms with Crippen LogP contribution in [0.2, 0.25) is 10.0 Å². The molecule has 1 heterocycles. The Hall–Kier alpha value is -1.10. The van der Waals surface area contributed by atoms with E-state index in [-0.39, 0.29) is 11.8 Å². The summed E-state index contributed by atoms with van der Waals surface area (Å²) in [6, 6.07) is 5.12. The Morgan fingerprint density at radius 3 is 2.95 bits per heavy atom. The zero-order chi connectivity index (χ0) is 15.0. The number of nitrogens with one attached hydrogen (secondary N) is 1. The quantitative estimate of drug-likeness (QED) is 0.874. The molecule has 0 saturated heterocycles. The van der Waals surface area contributed by atoms with Crippen molar-refractivity contribution in [1.82, 2.24) is 4.98 Å². The number of aromatic nitrogens is 1. The second-order valence-corrected chi connectivity index (χ2v) is 7.26. The van der Waals surface area contributed by atoms with E-state index in [0.29, 0.717) is 15.7 Å². The maximum atomic E-state index is 12.4. The number of carbonyl (C=O) groups excluding carboxylic acids is 1. The smallest absolute Gasteiger partial charge is 0.227 e. The van der Waals surface area contributed by atoms with Gasteiger partial charge in [-0.15, -0.1) is 11.3 Å². The summed E-state index contributed by atoms with van der Waals surface area (Å²) in [5.74, 6) is 0.0249. The van der Waals surface area contributed by atoms with Crippen LogP contribution in [-0.4, -0.2) is 10.9 Å². The van der Waals surface area contributed by atoms with E-state index in [2.05, 4.69) is 10.3 Å². The molecule has 110 valence electrons. The SMILES string of the molecule is Cc1nc2c(s1)CC(C(=O)Nc1ccc(Cl)c(Cl)c1)CC2. The monoisotopic (exact) mass is 340 g/mol. The van der Waals surface area contributed by atoms with Crippen LogP contribution in [-0.2, 0) is 17.6 Å². The molecule has 1 aliphatic carbocycles. The molecule has 0 spiro atoms. The van der Waals surface area contributed by atoms with Gasteiger partial charge in [0.05, 0.1) is 20.7 Å². The molecule has 1 aromatic carbocycles. The topological polar surface area (TPSA) is 42.0 Å². The third-order valence-electron chi connectivity index (χ3n) is 3.60. The van der Waals surface area contributed by atoms with Crippen LogP contribution in [0.25, 0.3) is 0 Å². The number of rotatable bonds is 2. The van der Waals surface area contributed by atoms with E-state index in [1.807, 2.05) is 6.92 Å². The fourth-order valence-corrected chi connectivity index (χ4v) is 3.91. The molecule has 1 aromatic heterocycles. The molecule has 1 atom stereocenters. The van der Waals surface area contributed by atoms with E-state index in [0.717, 1.165) is 30.0 Å². The van der Waals surface area contributed by atoms with Crippen LogP contribution in [0.5, 0.6) is 0 Å². The van der Waals surface area contributed by atoms with Crippen molar-refractivity contribution in [3.8, 4) is 0 Å². The molecule has 0 fully saturated rings. The Kier molecular flexibility index (Phi) is 4.20. The van der Waals surface area contributed by atoms with E-state index in [4.69, 9.17) is 23.2 Å². The standard InChI is InChI=1S/C15H14Cl2N2OS/c1-8-18-13-5-2-9(6-14(13)21-8)15(20)19-10-3-4-11(16)12(17)7-10/h3-4,7,9H,2,5-6H2,1H3,(H,19,20). The molecule has 1 amide bonds. The molecular formula is C15H14Cl2N2OS. The van der Waals surface area contributed by atoms with Crippen LogP contribution in [0, 0.1) is 12.8 Å². The van der Waals surface area contributed by atoms with Crippen molar-refractivity contribution >= 4 is 46.1 Å². The highest BCUT2D eigenvalue weighted by molar-refractivity contribution is 7.11.